The Bertz CT molecular complexity index is 1090. The Kier molecular flexibility index (Phi) is 4.77. The normalized spacial score (nSPS) is 34.8. The summed E-state index contributed by atoms with van der Waals surface area (Å²) in [6, 6.07) is 8.31. The SMILES string of the molecule is CC1(C)[C@@H]2CC[C@@]1(CS(=O)(=O)N1CCC3(C=Cc4ccccc43)CC1)[C@](O)(CC(=O)O)C2. The second kappa shape index (κ2) is 6.90. The lowest BCUT2D eigenvalue weighted by atomic mass is 9.63. The van der Waals surface area contributed by atoms with Gasteiger partial charge in [-0.15, -0.1) is 0 Å². The number of benzene rings is 1. The third kappa shape index (κ3) is 2.90. The van der Waals surface area contributed by atoms with Gasteiger partial charge < -0.3 is 10.2 Å². The maximum Gasteiger partial charge on any atom is 0.306 e. The maximum atomic E-state index is 13.7. The van der Waals surface area contributed by atoms with E-state index >= 15 is 0 Å². The molecule has 1 spiro atoms. The van der Waals surface area contributed by atoms with Crippen molar-refractivity contribution in [2.45, 2.75) is 63.4 Å². The number of fused-ring (bicyclic) bond motifs is 4. The summed E-state index contributed by atoms with van der Waals surface area (Å²) in [6.45, 7) is 4.92. The molecular formula is C25H33NO5S. The molecule has 3 atom stereocenters. The number of carboxylic acid groups (broad SMARTS) is 1. The fourth-order valence-electron chi connectivity index (χ4n) is 7.61. The highest BCUT2D eigenvalue weighted by Crippen LogP contribution is 2.71. The van der Waals surface area contributed by atoms with Crippen LogP contribution in [0.1, 0.15) is 63.5 Å². The molecule has 0 amide bonds. The van der Waals surface area contributed by atoms with Crippen molar-refractivity contribution >= 4 is 22.1 Å². The molecule has 32 heavy (non-hydrogen) atoms. The number of rotatable bonds is 5. The third-order valence-corrected chi connectivity index (χ3v) is 11.6. The van der Waals surface area contributed by atoms with Crippen molar-refractivity contribution in [1.82, 2.24) is 4.31 Å². The fraction of sp³-hybridized carbons (Fsp3) is 0.640. The minimum Gasteiger partial charge on any atom is -0.481 e. The number of aliphatic carboxylic acids is 1. The topological polar surface area (TPSA) is 94.9 Å². The van der Waals surface area contributed by atoms with E-state index < -0.39 is 38.8 Å². The van der Waals surface area contributed by atoms with E-state index in [1.807, 2.05) is 26.0 Å². The quantitative estimate of drug-likeness (QED) is 0.704. The van der Waals surface area contributed by atoms with Crippen LogP contribution < -0.4 is 0 Å². The highest BCUT2D eigenvalue weighted by molar-refractivity contribution is 7.89. The fourth-order valence-corrected chi connectivity index (χ4v) is 9.94. The molecule has 0 radical (unpaired) electrons. The molecule has 2 bridgehead atoms. The number of hydrogen-bond donors (Lipinski definition) is 2. The zero-order valence-electron chi connectivity index (χ0n) is 18.9. The molecule has 0 unspecified atom stereocenters. The lowest BCUT2D eigenvalue weighted by Crippen LogP contribution is -2.56. The smallest absolute Gasteiger partial charge is 0.306 e. The van der Waals surface area contributed by atoms with Crippen molar-refractivity contribution in [1.29, 1.82) is 0 Å². The molecule has 1 aromatic carbocycles. The molecule has 2 saturated carbocycles. The van der Waals surface area contributed by atoms with Gasteiger partial charge in [0, 0.05) is 23.9 Å². The van der Waals surface area contributed by atoms with Gasteiger partial charge in [-0.3, -0.25) is 4.79 Å². The first-order chi connectivity index (χ1) is 14.9. The van der Waals surface area contributed by atoms with Gasteiger partial charge in [0.15, 0.2) is 0 Å². The second-order valence-corrected chi connectivity index (χ2v) is 13.0. The Morgan fingerprint density at radius 1 is 1.16 bits per heavy atom. The molecule has 1 aliphatic heterocycles. The van der Waals surface area contributed by atoms with E-state index in [0.29, 0.717) is 25.9 Å². The summed E-state index contributed by atoms with van der Waals surface area (Å²) in [5.74, 6) is -1.10. The van der Waals surface area contributed by atoms with Crippen LogP contribution in [-0.2, 0) is 20.2 Å². The number of piperidine rings is 1. The molecule has 174 valence electrons. The molecular weight excluding hydrogens is 426 g/mol. The Hall–Kier alpha value is -1.70. The molecule has 1 aromatic rings. The number of sulfonamides is 1. The molecule has 2 N–H and O–H groups in total. The maximum absolute atomic E-state index is 13.7. The Labute approximate surface area is 190 Å². The number of nitrogens with zero attached hydrogens (tertiary/aromatic N) is 1. The lowest BCUT2D eigenvalue weighted by molar-refractivity contribution is -0.152. The summed E-state index contributed by atoms with van der Waals surface area (Å²) >= 11 is 0. The van der Waals surface area contributed by atoms with Crippen LogP contribution in [0.25, 0.3) is 6.08 Å². The van der Waals surface area contributed by atoms with E-state index in [1.54, 1.807) is 4.31 Å². The van der Waals surface area contributed by atoms with Gasteiger partial charge in [0.1, 0.15) is 0 Å². The highest BCUT2D eigenvalue weighted by Gasteiger charge is 2.72. The molecule has 3 aliphatic carbocycles. The molecule has 7 heteroatoms. The van der Waals surface area contributed by atoms with E-state index in [-0.39, 0.29) is 17.1 Å². The second-order valence-electron chi connectivity index (χ2n) is 11.1. The first-order valence-corrected chi connectivity index (χ1v) is 13.3. The van der Waals surface area contributed by atoms with Crippen LogP contribution >= 0.6 is 0 Å². The van der Waals surface area contributed by atoms with Crippen molar-refractivity contribution < 1.29 is 23.4 Å². The van der Waals surface area contributed by atoms with E-state index in [2.05, 4.69) is 24.3 Å². The van der Waals surface area contributed by atoms with Gasteiger partial charge in [-0.1, -0.05) is 50.3 Å². The average molecular weight is 460 g/mol. The van der Waals surface area contributed by atoms with Crippen molar-refractivity contribution in [3.8, 4) is 0 Å². The molecule has 0 aromatic heterocycles. The first-order valence-electron chi connectivity index (χ1n) is 11.7. The molecule has 4 aliphatic rings. The summed E-state index contributed by atoms with van der Waals surface area (Å²) in [5.41, 5.74) is -0.447. The van der Waals surface area contributed by atoms with Crippen LogP contribution in [0.15, 0.2) is 30.3 Å². The van der Waals surface area contributed by atoms with Crippen molar-refractivity contribution in [3.63, 3.8) is 0 Å². The van der Waals surface area contributed by atoms with E-state index in [9.17, 15) is 23.4 Å². The van der Waals surface area contributed by atoms with Gasteiger partial charge in [-0.05, 0) is 54.6 Å². The molecule has 5 rings (SSSR count). The Morgan fingerprint density at radius 2 is 1.84 bits per heavy atom. The van der Waals surface area contributed by atoms with Crippen LogP contribution in [0.2, 0.25) is 0 Å². The highest BCUT2D eigenvalue weighted by atomic mass is 32.2. The number of carboxylic acids is 1. The average Bonchev–Trinajstić information content (AvgIpc) is 3.23. The number of allylic oxidation sites excluding steroid dienone is 1. The summed E-state index contributed by atoms with van der Waals surface area (Å²) < 4.78 is 29.0. The van der Waals surface area contributed by atoms with Gasteiger partial charge in [0.05, 0.1) is 17.8 Å². The predicted molar refractivity (Wildman–Crippen MR) is 123 cm³/mol. The number of aliphatic hydroxyl groups is 1. The van der Waals surface area contributed by atoms with Crippen molar-refractivity contribution in [2.24, 2.45) is 16.7 Å². The summed E-state index contributed by atoms with van der Waals surface area (Å²) in [7, 11) is -3.66. The number of carbonyl (C=O) groups is 1. The largest absolute Gasteiger partial charge is 0.481 e. The van der Waals surface area contributed by atoms with Crippen molar-refractivity contribution in [3.05, 3.63) is 41.5 Å². The van der Waals surface area contributed by atoms with Crippen LogP contribution in [0.3, 0.4) is 0 Å². The molecule has 1 heterocycles. The van der Waals surface area contributed by atoms with Gasteiger partial charge in [0.2, 0.25) is 10.0 Å². The Morgan fingerprint density at radius 3 is 2.50 bits per heavy atom. The molecule has 6 nitrogen and oxygen atoms in total. The Balaban J connectivity index is 1.39. The van der Waals surface area contributed by atoms with Crippen LogP contribution in [0.5, 0.6) is 0 Å². The lowest BCUT2D eigenvalue weighted by Gasteiger charge is -2.48. The third-order valence-electron chi connectivity index (χ3n) is 9.61. The van der Waals surface area contributed by atoms with Gasteiger partial charge in [-0.25, -0.2) is 12.7 Å². The van der Waals surface area contributed by atoms with Gasteiger partial charge in [-0.2, -0.15) is 0 Å². The van der Waals surface area contributed by atoms with Crippen molar-refractivity contribution in [2.75, 3.05) is 18.8 Å². The van der Waals surface area contributed by atoms with Crippen LogP contribution in [-0.4, -0.2) is 53.3 Å². The summed E-state index contributed by atoms with van der Waals surface area (Å²) in [4.78, 5) is 11.6. The standard InChI is InChI=1S/C25H33NO5S/c1-22(2)19-8-10-24(22,25(29,15-19)16-21(27)28)17-32(30,31)26-13-11-23(12-14-26)9-7-18-5-3-4-6-20(18)23/h3-7,9,19,29H,8,10-17H2,1-2H3,(H,27,28)/t19-,24+,25-/m1/s1. The monoisotopic (exact) mass is 459 g/mol. The number of hydrogen-bond acceptors (Lipinski definition) is 4. The zero-order valence-corrected chi connectivity index (χ0v) is 19.7. The summed E-state index contributed by atoms with van der Waals surface area (Å²) in [5, 5.41) is 21.0. The van der Waals surface area contributed by atoms with Crippen LogP contribution in [0.4, 0.5) is 0 Å². The van der Waals surface area contributed by atoms with E-state index in [0.717, 1.165) is 19.3 Å². The van der Waals surface area contributed by atoms with Gasteiger partial charge in [0.25, 0.3) is 0 Å². The van der Waals surface area contributed by atoms with E-state index in [1.165, 1.54) is 11.1 Å². The minimum absolute atomic E-state index is 0.101. The first kappa shape index (κ1) is 22.1. The predicted octanol–water partition coefficient (Wildman–Crippen LogP) is 3.41. The minimum atomic E-state index is -3.66. The zero-order chi connectivity index (χ0) is 23.0. The molecule has 1 saturated heterocycles. The van der Waals surface area contributed by atoms with Gasteiger partial charge >= 0.3 is 5.97 Å². The molecule has 3 fully saturated rings. The van der Waals surface area contributed by atoms with Crippen LogP contribution in [0, 0.1) is 16.7 Å². The summed E-state index contributed by atoms with van der Waals surface area (Å²) in [6.07, 6.45) is 7.21. The van der Waals surface area contributed by atoms with E-state index in [4.69, 9.17) is 0 Å².